The van der Waals surface area contributed by atoms with E-state index in [1.54, 1.807) is 6.20 Å². The lowest BCUT2D eigenvalue weighted by molar-refractivity contribution is -0.131. The highest BCUT2D eigenvalue weighted by Gasteiger charge is 2.29. The molecule has 1 fully saturated rings. The number of likely N-dealkylation sites (tertiary alicyclic amines) is 1. The van der Waals surface area contributed by atoms with Gasteiger partial charge < -0.3 is 19.6 Å². The Morgan fingerprint density at radius 1 is 1.21 bits per heavy atom. The van der Waals surface area contributed by atoms with Gasteiger partial charge in [0.15, 0.2) is 17.6 Å². The van der Waals surface area contributed by atoms with Crippen molar-refractivity contribution in [2.45, 2.75) is 31.4 Å². The summed E-state index contributed by atoms with van der Waals surface area (Å²) >= 11 is 6.02. The molecule has 7 nitrogen and oxygen atoms in total. The van der Waals surface area contributed by atoms with Crippen molar-refractivity contribution in [2.75, 3.05) is 19.7 Å². The summed E-state index contributed by atoms with van der Waals surface area (Å²) in [6.07, 6.45) is 6.17. The summed E-state index contributed by atoms with van der Waals surface area (Å²) in [6.45, 7) is 3.08. The standard InChI is InChI=1S/C26H26ClN3O4/c27-19-6-4-18(5-7-19)23-16-33-26-21(2-1-3-22(26)34-23)17-10-12-30(13-11-17)15-24-28-14-20(29-24)8-9-25(31)32/h1-9,14,17,23H,10-13,15-16H2,(H,28,29)(H,31,32)/b9-8+. The largest absolute Gasteiger partial charge is 0.485 e. The Bertz CT molecular complexity index is 1180. The van der Waals surface area contributed by atoms with Gasteiger partial charge in [0, 0.05) is 16.7 Å². The minimum atomic E-state index is -0.976. The van der Waals surface area contributed by atoms with E-state index in [9.17, 15) is 4.79 Å². The lowest BCUT2D eigenvalue weighted by Crippen LogP contribution is -2.33. The van der Waals surface area contributed by atoms with E-state index in [4.69, 9.17) is 26.2 Å². The number of H-pyrrole nitrogens is 1. The maximum Gasteiger partial charge on any atom is 0.328 e. The third kappa shape index (κ3) is 5.11. The lowest BCUT2D eigenvalue weighted by atomic mass is 9.88. The first kappa shape index (κ1) is 22.5. The van der Waals surface area contributed by atoms with Crippen molar-refractivity contribution >= 4 is 23.6 Å². The van der Waals surface area contributed by atoms with Crippen LogP contribution in [0.2, 0.25) is 5.02 Å². The topological polar surface area (TPSA) is 87.7 Å². The first-order valence-electron chi connectivity index (χ1n) is 11.4. The predicted molar refractivity (Wildman–Crippen MR) is 129 cm³/mol. The van der Waals surface area contributed by atoms with Gasteiger partial charge in [-0.3, -0.25) is 4.90 Å². The third-order valence-corrected chi connectivity index (χ3v) is 6.61. The molecule has 0 aliphatic carbocycles. The van der Waals surface area contributed by atoms with Gasteiger partial charge in [-0.25, -0.2) is 9.78 Å². The van der Waals surface area contributed by atoms with Crippen LogP contribution in [0, 0.1) is 0 Å². The summed E-state index contributed by atoms with van der Waals surface area (Å²) in [5, 5.41) is 9.46. The van der Waals surface area contributed by atoms with E-state index >= 15 is 0 Å². The molecule has 0 saturated carbocycles. The number of benzene rings is 2. The maximum atomic E-state index is 10.7. The van der Waals surface area contributed by atoms with Crippen LogP contribution >= 0.6 is 11.6 Å². The molecule has 3 heterocycles. The number of piperidine rings is 1. The van der Waals surface area contributed by atoms with Crippen LogP contribution in [-0.2, 0) is 11.3 Å². The summed E-state index contributed by atoms with van der Waals surface area (Å²) in [6, 6.07) is 13.9. The van der Waals surface area contributed by atoms with E-state index in [-0.39, 0.29) is 6.10 Å². The maximum absolute atomic E-state index is 10.7. The number of hydrogen-bond donors (Lipinski definition) is 2. The van der Waals surface area contributed by atoms with Crippen molar-refractivity contribution in [1.29, 1.82) is 0 Å². The van der Waals surface area contributed by atoms with E-state index in [1.165, 1.54) is 11.6 Å². The highest BCUT2D eigenvalue weighted by Crippen LogP contribution is 2.44. The molecule has 2 aromatic carbocycles. The Morgan fingerprint density at radius 2 is 2.00 bits per heavy atom. The molecule has 3 aromatic rings. The quantitative estimate of drug-likeness (QED) is 0.481. The van der Waals surface area contributed by atoms with Gasteiger partial charge in [-0.15, -0.1) is 0 Å². The van der Waals surface area contributed by atoms with Crippen LogP contribution in [0.15, 0.2) is 54.7 Å². The number of aromatic nitrogens is 2. The average molecular weight is 480 g/mol. The molecule has 1 atom stereocenters. The second-order valence-electron chi connectivity index (χ2n) is 8.65. The molecular formula is C26H26ClN3O4. The Labute approximate surface area is 203 Å². The van der Waals surface area contributed by atoms with Gasteiger partial charge in [-0.05, 0) is 61.7 Å². The molecule has 1 saturated heterocycles. The number of rotatable bonds is 6. The molecule has 2 N–H and O–H groups in total. The fourth-order valence-electron chi connectivity index (χ4n) is 4.61. The van der Waals surface area contributed by atoms with Gasteiger partial charge in [-0.2, -0.15) is 0 Å². The molecule has 0 amide bonds. The summed E-state index contributed by atoms with van der Waals surface area (Å²) in [7, 11) is 0. The van der Waals surface area contributed by atoms with Crippen LogP contribution in [0.5, 0.6) is 11.5 Å². The first-order valence-corrected chi connectivity index (χ1v) is 11.8. The number of halogens is 1. The molecule has 1 unspecified atom stereocenters. The predicted octanol–water partition coefficient (Wildman–Crippen LogP) is 5.05. The molecule has 5 rings (SSSR count). The zero-order valence-corrected chi connectivity index (χ0v) is 19.4. The highest BCUT2D eigenvalue weighted by molar-refractivity contribution is 6.30. The molecule has 8 heteroatoms. The number of para-hydroxylation sites is 1. The van der Waals surface area contributed by atoms with Gasteiger partial charge in [0.05, 0.1) is 18.4 Å². The molecule has 2 aliphatic rings. The average Bonchev–Trinajstić information content (AvgIpc) is 3.30. The highest BCUT2D eigenvalue weighted by atomic mass is 35.5. The minimum Gasteiger partial charge on any atom is -0.485 e. The Hall–Kier alpha value is -3.29. The van der Waals surface area contributed by atoms with Crippen molar-refractivity contribution in [3.8, 4) is 11.5 Å². The van der Waals surface area contributed by atoms with E-state index in [0.717, 1.165) is 54.9 Å². The van der Waals surface area contributed by atoms with Crippen LogP contribution in [0.3, 0.4) is 0 Å². The second kappa shape index (κ2) is 9.91. The number of nitrogens with zero attached hydrogens (tertiary/aromatic N) is 2. The second-order valence-corrected chi connectivity index (χ2v) is 9.09. The zero-order valence-electron chi connectivity index (χ0n) is 18.6. The van der Waals surface area contributed by atoms with Gasteiger partial charge >= 0.3 is 5.97 Å². The zero-order chi connectivity index (χ0) is 23.5. The summed E-state index contributed by atoms with van der Waals surface area (Å²) in [4.78, 5) is 20.6. The number of aromatic amines is 1. The van der Waals surface area contributed by atoms with E-state index in [1.807, 2.05) is 36.4 Å². The Morgan fingerprint density at radius 3 is 2.76 bits per heavy atom. The fraction of sp³-hybridized carbons (Fsp3) is 0.308. The van der Waals surface area contributed by atoms with Crippen molar-refractivity contribution in [3.05, 3.63) is 82.4 Å². The first-order chi connectivity index (χ1) is 16.5. The molecular weight excluding hydrogens is 454 g/mol. The van der Waals surface area contributed by atoms with Crippen molar-refractivity contribution in [3.63, 3.8) is 0 Å². The molecule has 1 aromatic heterocycles. The number of hydrogen-bond acceptors (Lipinski definition) is 5. The fourth-order valence-corrected chi connectivity index (χ4v) is 4.73. The van der Waals surface area contributed by atoms with Gasteiger partial charge in [-0.1, -0.05) is 35.9 Å². The smallest absolute Gasteiger partial charge is 0.328 e. The molecule has 0 bridgehead atoms. The van der Waals surface area contributed by atoms with Gasteiger partial charge in [0.1, 0.15) is 12.4 Å². The molecule has 176 valence electrons. The van der Waals surface area contributed by atoms with Crippen molar-refractivity contribution < 1.29 is 19.4 Å². The molecule has 2 aliphatic heterocycles. The number of imidazole rings is 1. The normalized spacial score (nSPS) is 18.9. The van der Waals surface area contributed by atoms with E-state index in [0.29, 0.717) is 29.8 Å². The number of carbonyl (C=O) groups is 1. The molecule has 34 heavy (non-hydrogen) atoms. The van der Waals surface area contributed by atoms with Gasteiger partial charge in [0.25, 0.3) is 0 Å². The van der Waals surface area contributed by atoms with Crippen LogP contribution < -0.4 is 9.47 Å². The number of aliphatic carboxylic acids is 1. The number of ether oxygens (including phenoxy) is 2. The van der Waals surface area contributed by atoms with Crippen LogP contribution in [-0.4, -0.2) is 45.6 Å². The number of carboxylic acid groups (broad SMARTS) is 1. The summed E-state index contributed by atoms with van der Waals surface area (Å²) in [5.74, 6) is 1.94. The van der Waals surface area contributed by atoms with E-state index < -0.39 is 5.97 Å². The van der Waals surface area contributed by atoms with Crippen LogP contribution in [0.1, 0.15) is 47.5 Å². The van der Waals surface area contributed by atoms with E-state index in [2.05, 4.69) is 20.9 Å². The SMILES string of the molecule is O=C(O)/C=C/c1cnc(CN2CCC(c3cccc4c3OCC(c3ccc(Cl)cc3)O4)CC2)[nH]1. The van der Waals surface area contributed by atoms with Crippen molar-refractivity contribution in [1.82, 2.24) is 14.9 Å². The Balaban J connectivity index is 1.20. The summed E-state index contributed by atoms with van der Waals surface area (Å²) in [5.41, 5.74) is 2.95. The Kier molecular flexibility index (Phi) is 6.56. The van der Waals surface area contributed by atoms with Gasteiger partial charge in [0.2, 0.25) is 0 Å². The van der Waals surface area contributed by atoms with Crippen LogP contribution in [0.4, 0.5) is 0 Å². The number of carboxylic acids is 1. The number of fused-ring (bicyclic) bond motifs is 1. The summed E-state index contributed by atoms with van der Waals surface area (Å²) < 4.78 is 12.5. The molecule has 0 spiro atoms. The van der Waals surface area contributed by atoms with Crippen molar-refractivity contribution in [2.24, 2.45) is 0 Å². The lowest BCUT2D eigenvalue weighted by Gasteiger charge is -2.34. The van der Waals surface area contributed by atoms with Crippen LogP contribution in [0.25, 0.3) is 6.08 Å². The number of nitrogens with one attached hydrogen (secondary N) is 1. The minimum absolute atomic E-state index is 0.148. The molecule has 0 radical (unpaired) electrons. The monoisotopic (exact) mass is 479 g/mol. The third-order valence-electron chi connectivity index (χ3n) is 6.35.